The predicted octanol–water partition coefficient (Wildman–Crippen LogP) is 1.48. The van der Waals surface area contributed by atoms with Crippen LogP contribution in [0.4, 0.5) is 5.82 Å². The molecule has 0 radical (unpaired) electrons. The van der Waals surface area contributed by atoms with Crippen LogP contribution < -0.4 is 4.90 Å². The van der Waals surface area contributed by atoms with Crippen LogP contribution in [-0.4, -0.2) is 77.1 Å². The molecule has 0 bridgehead atoms. The number of nitrogens with one attached hydrogen (secondary N) is 1. The molecule has 4 rings (SSSR count). The highest BCUT2D eigenvalue weighted by Crippen LogP contribution is 2.34. The zero-order valence-electron chi connectivity index (χ0n) is 14.3. The maximum absolute atomic E-state index is 4.72. The van der Waals surface area contributed by atoms with Crippen molar-refractivity contribution in [2.75, 3.05) is 51.7 Å². The lowest BCUT2D eigenvalue weighted by Gasteiger charge is -2.52. The zero-order chi connectivity index (χ0) is 16.0. The summed E-state index contributed by atoms with van der Waals surface area (Å²) in [6.45, 7) is 7.62. The van der Waals surface area contributed by atoms with Crippen LogP contribution in [0.25, 0.3) is 11.0 Å². The van der Waals surface area contributed by atoms with Crippen molar-refractivity contribution in [2.24, 2.45) is 0 Å². The number of aryl methyl sites for hydroxylation is 1. The molecule has 1 N–H and O–H groups in total. The number of aromatic amines is 1. The molecule has 0 unspecified atom stereocenters. The molecule has 2 aliphatic rings. The van der Waals surface area contributed by atoms with Crippen LogP contribution >= 0.6 is 0 Å². The summed E-state index contributed by atoms with van der Waals surface area (Å²) in [6, 6.07) is 2.03. The van der Waals surface area contributed by atoms with Crippen molar-refractivity contribution in [1.82, 2.24) is 24.8 Å². The van der Waals surface area contributed by atoms with Gasteiger partial charge in [-0.3, -0.25) is 4.90 Å². The van der Waals surface area contributed by atoms with E-state index in [0.717, 1.165) is 35.8 Å². The standard InChI is InChI=1S/C17H26N6/c1-13-19-14-4-7-18-15(14)16(20-13)23-8-5-17(6-9-23)12-21(2)10-11-22(17)3/h4,7,18H,5-6,8-12H2,1-3H3. The molecule has 0 saturated carbocycles. The zero-order valence-corrected chi connectivity index (χ0v) is 14.3. The van der Waals surface area contributed by atoms with Crippen molar-refractivity contribution in [1.29, 1.82) is 0 Å². The van der Waals surface area contributed by atoms with Crippen molar-refractivity contribution < 1.29 is 0 Å². The first-order chi connectivity index (χ1) is 11.1. The normalized spacial score (nSPS) is 23.0. The van der Waals surface area contributed by atoms with Crippen LogP contribution in [0.1, 0.15) is 18.7 Å². The van der Waals surface area contributed by atoms with Crippen LogP contribution in [0.15, 0.2) is 12.3 Å². The van der Waals surface area contributed by atoms with Crippen LogP contribution in [0.3, 0.4) is 0 Å². The van der Waals surface area contributed by atoms with Crippen molar-refractivity contribution >= 4 is 16.9 Å². The minimum absolute atomic E-state index is 0.334. The van der Waals surface area contributed by atoms with Crippen LogP contribution in [0, 0.1) is 6.92 Å². The van der Waals surface area contributed by atoms with Gasteiger partial charge in [-0.25, -0.2) is 9.97 Å². The molecule has 2 aliphatic heterocycles. The molecule has 2 saturated heterocycles. The van der Waals surface area contributed by atoms with E-state index < -0.39 is 0 Å². The minimum Gasteiger partial charge on any atom is -0.357 e. The number of rotatable bonds is 1. The topological polar surface area (TPSA) is 51.3 Å². The van der Waals surface area contributed by atoms with Crippen LogP contribution in [0.2, 0.25) is 0 Å². The Bertz CT molecular complexity index is 700. The van der Waals surface area contributed by atoms with Gasteiger partial charge in [0.1, 0.15) is 11.3 Å². The van der Waals surface area contributed by atoms with Gasteiger partial charge in [0.2, 0.25) is 0 Å². The Hall–Kier alpha value is -1.66. The largest absolute Gasteiger partial charge is 0.357 e. The van der Waals surface area contributed by atoms with Crippen molar-refractivity contribution in [3.8, 4) is 0 Å². The number of fused-ring (bicyclic) bond motifs is 1. The Balaban J connectivity index is 1.58. The molecule has 6 heteroatoms. The Kier molecular flexibility index (Phi) is 3.54. The lowest BCUT2D eigenvalue weighted by molar-refractivity contribution is 0.00940. The number of piperidine rings is 1. The summed E-state index contributed by atoms with van der Waals surface area (Å²) >= 11 is 0. The lowest BCUT2D eigenvalue weighted by atomic mass is 9.84. The van der Waals surface area contributed by atoms with E-state index in [-0.39, 0.29) is 0 Å². The summed E-state index contributed by atoms with van der Waals surface area (Å²) in [4.78, 5) is 20.0. The van der Waals surface area contributed by atoms with Crippen molar-refractivity contribution in [2.45, 2.75) is 25.3 Å². The van der Waals surface area contributed by atoms with E-state index >= 15 is 0 Å². The average molecular weight is 314 g/mol. The summed E-state index contributed by atoms with van der Waals surface area (Å²) in [5.74, 6) is 1.92. The first-order valence-corrected chi connectivity index (χ1v) is 8.54. The molecule has 2 aromatic heterocycles. The molecule has 0 amide bonds. The van der Waals surface area contributed by atoms with Gasteiger partial charge in [-0.05, 0) is 39.9 Å². The number of likely N-dealkylation sites (N-methyl/N-ethyl adjacent to an activating group) is 2. The Morgan fingerprint density at radius 3 is 2.65 bits per heavy atom. The molecular formula is C17H26N6. The highest BCUT2D eigenvalue weighted by atomic mass is 15.3. The third kappa shape index (κ3) is 2.50. The quantitative estimate of drug-likeness (QED) is 0.864. The van der Waals surface area contributed by atoms with Crippen LogP contribution in [0.5, 0.6) is 0 Å². The van der Waals surface area contributed by atoms with Gasteiger partial charge < -0.3 is 14.8 Å². The van der Waals surface area contributed by atoms with E-state index in [0.29, 0.717) is 5.54 Å². The molecule has 0 aliphatic carbocycles. The van der Waals surface area contributed by atoms with Gasteiger partial charge in [0, 0.05) is 44.5 Å². The van der Waals surface area contributed by atoms with Gasteiger partial charge >= 0.3 is 0 Å². The van der Waals surface area contributed by atoms with E-state index in [2.05, 4.69) is 38.8 Å². The maximum atomic E-state index is 4.72. The van der Waals surface area contributed by atoms with Gasteiger partial charge in [0.15, 0.2) is 5.82 Å². The number of anilines is 1. The summed E-state index contributed by atoms with van der Waals surface area (Å²) in [5.41, 5.74) is 2.42. The predicted molar refractivity (Wildman–Crippen MR) is 92.9 cm³/mol. The molecule has 1 spiro atoms. The Morgan fingerprint density at radius 2 is 1.87 bits per heavy atom. The van der Waals surface area contributed by atoms with E-state index in [4.69, 9.17) is 4.98 Å². The first kappa shape index (κ1) is 14.9. The fourth-order valence-corrected chi connectivity index (χ4v) is 4.21. The number of aromatic nitrogens is 3. The number of hydrogen-bond donors (Lipinski definition) is 1. The number of H-pyrrole nitrogens is 1. The van der Waals surface area contributed by atoms with E-state index in [1.165, 1.54) is 32.5 Å². The van der Waals surface area contributed by atoms with Gasteiger partial charge in [-0.2, -0.15) is 0 Å². The third-order valence-electron chi connectivity index (χ3n) is 5.68. The summed E-state index contributed by atoms with van der Waals surface area (Å²) in [6.07, 6.45) is 4.34. The molecule has 2 aromatic rings. The van der Waals surface area contributed by atoms with Crippen LogP contribution in [-0.2, 0) is 0 Å². The summed E-state index contributed by atoms with van der Waals surface area (Å²) in [5, 5.41) is 0. The van der Waals surface area contributed by atoms with Gasteiger partial charge in [-0.1, -0.05) is 0 Å². The second-order valence-corrected chi connectivity index (χ2v) is 7.20. The number of hydrogen-bond acceptors (Lipinski definition) is 5. The van der Waals surface area contributed by atoms with E-state index in [9.17, 15) is 0 Å². The molecule has 2 fully saturated rings. The minimum atomic E-state index is 0.334. The fraction of sp³-hybridized carbons (Fsp3) is 0.647. The summed E-state index contributed by atoms with van der Waals surface area (Å²) < 4.78 is 0. The lowest BCUT2D eigenvalue weighted by Crippen LogP contribution is -2.63. The fourth-order valence-electron chi connectivity index (χ4n) is 4.21. The molecule has 124 valence electrons. The van der Waals surface area contributed by atoms with E-state index in [1.807, 2.05) is 19.2 Å². The monoisotopic (exact) mass is 314 g/mol. The SMILES string of the molecule is Cc1nc(N2CCC3(CC2)CN(C)CCN3C)c2[nH]ccc2n1. The second kappa shape index (κ2) is 5.46. The van der Waals surface area contributed by atoms with Gasteiger partial charge in [0.25, 0.3) is 0 Å². The molecule has 0 atom stereocenters. The van der Waals surface area contributed by atoms with E-state index in [1.54, 1.807) is 0 Å². The third-order valence-corrected chi connectivity index (χ3v) is 5.68. The Morgan fingerprint density at radius 1 is 1.09 bits per heavy atom. The summed E-state index contributed by atoms with van der Waals surface area (Å²) in [7, 11) is 4.54. The first-order valence-electron chi connectivity index (χ1n) is 8.54. The van der Waals surface area contributed by atoms with Gasteiger partial charge in [-0.15, -0.1) is 0 Å². The molecule has 6 nitrogen and oxygen atoms in total. The average Bonchev–Trinajstić information content (AvgIpc) is 2.99. The Labute approximate surface area is 137 Å². The maximum Gasteiger partial charge on any atom is 0.156 e. The second-order valence-electron chi connectivity index (χ2n) is 7.20. The smallest absolute Gasteiger partial charge is 0.156 e. The molecule has 4 heterocycles. The van der Waals surface area contributed by atoms with Crippen molar-refractivity contribution in [3.63, 3.8) is 0 Å². The molecular weight excluding hydrogens is 288 g/mol. The van der Waals surface area contributed by atoms with Gasteiger partial charge in [0.05, 0.1) is 5.52 Å². The highest BCUT2D eigenvalue weighted by molar-refractivity contribution is 5.86. The highest BCUT2D eigenvalue weighted by Gasteiger charge is 2.41. The van der Waals surface area contributed by atoms with Crippen molar-refractivity contribution in [3.05, 3.63) is 18.1 Å². The number of nitrogens with zero attached hydrogens (tertiary/aromatic N) is 5. The molecule has 0 aromatic carbocycles. The number of piperazine rings is 1. The molecule has 23 heavy (non-hydrogen) atoms.